The van der Waals surface area contributed by atoms with Crippen LogP contribution in [0, 0.1) is 5.82 Å². The fourth-order valence-corrected chi connectivity index (χ4v) is 2.54. The summed E-state index contributed by atoms with van der Waals surface area (Å²) in [6, 6.07) is 2.18. The summed E-state index contributed by atoms with van der Waals surface area (Å²) in [5.74, 6) is -0.836. The van der Waals surface area contributed by atoms with Gasteiger partial charge in [-0.3, -0.25) is 4.79 Å². The molecule has 0 radical (unpaired) electrons. The summed E-state index contributed by atoms with van der Waals surface area (Å²) in [5.41, 5.74) is -1.08. The van der Waals surface area contributed by atoms with Crippen molar-refractivity contribution in [3.8, 4) is 5.75 Å². The lowest BCUT2D eigenvalue weighted by molar-refractivity contribution is -0.136. The first kappa shape index (κ1) is 18.4. The van der Waals surface area contributed by atoms with Crippen molar-refractivity contribution < 1.29 is 27.1 Å². The van der Waals surface area contributed by atoms with Crippen LogP contribution in [-0.4, -0.2) is 35.4 Å². The van der Waals surface area contributed by atoms with Gasteiger partial charge in [0.2, 0.25) is 5.95 Å². The van der Waals surface area contributed by atoms with Crippen LogP contribution in [0.4, 0.5) is 35.0 Å². The quantitative estimate of drug-likeness (QED) is 0.459. The highest BCUT2D eigenvalue weighted by Gasteiger charge is 2.35. The summed E-state index contributed by atoms with van der Waals surface area (Å²) in [6.45, 7) is 0. The number of hydrogen-bond acceptors (Lipinski definition) is 6. The highest BCUT2D eigenvalue weighted by atomic mass is 19.4. The van der Waals surface area contributed by atoms with E-state index in [0.717, 1.165) is 12.3 Å². The molecule has 1 aromatic carbocycles. The van der Waals surface area contributed by atoms with Gasteiger partial charge in [-0.15, -0.1) is 0 Å². The number of fused-ring (bicyclic) bond motifs is 1. The lowest BCUT2D eigenvalue weighted by Crippen LogP contribution is -2.07. The van der Waals surface area contributed by atoms with Crippen molar-refractivity contribution in [1.29, 1.82) is 0 Å². The van der Waals surface area contributed by atoms with E-state index >= 15 is 0 Å². The highest BCUT2D eigenvalue weighted by molar-refractivity contribution is 5.92. The van der Waals surface area contributed by atoms with Gasteiger partial charge in [0.1, 0.15) is 23.0 Å². The number of rotatable bonds is 5. The number of nitrogens with zero attached hydrogens (tertiary/aromatic N) is 2. The lowest BCUT2D eigenvalue weighted by Gasteiger charge is -2.13. The molecule has 7 nitrogen and oxygen atoms in total. The maximum absolute atomic E-state index is 13.9. The average molecular weight is 383 g/mol. The first-order valence-corrected chi connectivity index (χ1v) is 7.52. The standard InChI is InChI=1S/C16H13F4N5O2/c1-21-13-12-8(16(18,19)20)5-22-14(12)25-15(24-13)23-10-4-9(17)7(6-26)3-11(10)27-2/h3-6H,1-2H3,(H3,21,22,23,24,25). The minimum Gasteiger partial charge on any atom is -0.495 e. The van der Waals surface area contributed by atoms with Crippen LogP contribution in [0.1, 0.15) is 15.9 Å². The molecule has 0 aliphatic rings. The number of aldehydes is 1. The molecule has 142 valence electrons. The zero-order valence-electron chi connectivity index (χ0n) is 14.0. The Morgan fingerprint density at radius 2 is 2.00 bits per heavy atom. The number of aromatic amines is 1. The number of hydrogen-bond donors (Lipinski definition) is 3. The molecule has 0 spiro atoms. The summed E-state index contributed by atoms with van der Waals surface area (Å²) >= 11 is 0. The number of nitrogens with one attached hydrogen (secondary N) is 3. The summed E-state index contributed by atoms with van der Waals surface area (Å²) in [5, 5.41) is 5.06. The molecular formula is C16H13F4N5O2. The van der Waals surface area contributed by atoms with Gasteiger partial charge in [-0.05, 0) is 6.07 Å². The third-order valence-electron chi connectivity index (χ3n) is 3.77. The molecule has 0 unspecified atom stereocenters. The summed E-state index contributed by atoms with van der Waals surface area (Å²) in [4.78, 5) is 21.3. The number of anilines is 3. The van der Waals surface area contributed by atoms with Crippen LogP contribution < -0.4 is 15.4 Å². The smallest absolute Gasteiger partial charge is 0.418 e. The zero-order valence-corrected chi connectivity index (χ0v) is 14.0. The third-order valence-corrected chi connectivity index (χ3v) is 3.77. The Kier molecular flexibility index (Phi) is 4.60. The number of carbonyl (C=O) groups is 1. The van der Waals surface area contributed by atoms with Gasteiger partial charge < -0.3 is 20.4 Å². The zero-order chi connectivity index (χ0) is 19.8. The van der Waals surface area contributed by atoms with Gasteiger partial charge in [0.05, 0.1) is 29.3 Å². The molecule has 3 N–H and O–H groups in total. The van der Waals surface area contributed by atoms with E-state index in [0.29, 0.717) is 6.29 Å². The van der Waals surface area contributed by atoms with Crippen LogP contribution in [0.3, 0.4) is 0 Å². The Bertz CT molecular complexity index is 1020. The van der Waals surface area contributed by atoms with Crippen molar-refractivity contribution in [2.75, 3.05) is 24.8 Å². The normalized spacial score (nSPS) is 11.5. The van der Waals surface area contributed by atoms with Crippen LogP contribution in [0.2, 0.25) is 0 Å². The molecule has 0 saturated heterocycles. The fourth-order valence-electron chi connectivity index (χ4n) is 2.54. The van der Waals surface area contributed by atoms with Crippen LogP contribution in [0.25, 0.3) is 11.0 Å². The summed E-state index contributed by atoms with van der Waals surface area (Å²) in [7, 11) is 2.73. The predicted octanol–water partition coefficient (Wildman–Crippen LogP) is 3.72. The largest absolute Gasteiger partial charge is 0.495 e. The van der Waals surface area contributed by atoms with E-state index in [1.165, 1.54) is 20.2 Å². The number of methoxy groups -OCH3 is 1. The van der Waals surface area contributed by atoms with Crippen LogP contribution >= 0.6 is 0 Å². The Labute approximate surface area is 149 Å². The predicted molar refractivity (Wildman–Crippen MR) is 90.1 cm³/mol. The molecule has 0 atom stereocenters. The van der Waals surface area contributed by atoms with E-state index in [-0.39, 0.29) is 39.8 Å². The number of aromatic nitrogens is 3. The van der Waals surface area contributed by atoms with E-state index in [4.69, 9.17) is 4.74 Å². The van der Waals surface area contributed by atoms with Crippen molar-refractivity contribution in [2.24, 2.45) is 0 Å². The Morgan fingerprint density at radius 1 is 1.26 bits per heavy atom. The topological polar surface area (TPSA) is 91.9 Å². The molecule has 0 bridgehead atoms. The Hall–Kier alpha value is -3.37. The molecule has 2 heterocycles. The number of H-pyrrole nitrogens is 1. The average Bonchev–Trinajstić information content (AvgIpc) is 3.05. The molecule has 27 heavy (non-hydrogen) atoms. The molecule has 3 aromatic rings. The van der Waals surface area contributed by atoms with Gasteiger partial charge in [0.15, 0.2) is 6.29 Å². The second-order valence-corrected chi connectivity index (χ2v) is 5.39. The molecule has 3 rings (SSSR count). The van der Waals surface area contributed by atoms with Crippen molar-refractivity contribution in [3.63, 3.8) is 0 Å². The van der Waals surface area contributed by atoms with Gasteiger partial charge in [-0.1, -0.05) is 0 Å². The van der Waals surface area contributed by atoms with Gasteiger partial charge in [-0.25, -0.2) is 4.39 Å². The first-order valence-electron chi connectivity index (χ1n) is 7.52. The van der Waals surface area contributed by atoms with Gasteiger partial charge in [-0.2, -0.15) is 23.1 Å². The summed E-state index contributed by atoms with van der Waals surface area (Å²) < 4.78 is 58.4. The minimum atomic E-state index is -4.58. The molecule has 2 aromatic heterocycles. The van der Waals surface area contributed by atoms with Crippen molar-refractivity contribution in [1.82, 2.24) is 15.0 Å². The fraction of sp³-hybridized carbons (Fsp3) is 0.188. The third kappa shape index (κ3) is 3.35. The maximum atomic E-state index is 13.9. The van der Waals surface area contributed by atoms with Crippen molar-refractivity contribution >= 4 is 34.8 Å². The van der Waals surface area contributed by atoms with Gasteiger partial charge >= 0.3 is 6.18 Å². The lowest BCUT2D eigenvalue weighted by atomic mass is 10.2. The summed E-state index contributed by atoms with van der Waals surface area (Å²) in [6.07, 6.45) is -3.46. The number of carbonyl (C=O) groups excluding carboxylic acids is 1. The molecular weight excluding hydrogens is 370 g/mol. The second-order valence-electron chi connectivity index (χ2n) is 5.39. The van der Waals surface area contributed by atoms with E-state index in [2.05, 4.69) is 25.6 Å². The van der Waals surface area contributed by atoms with Crippen molar-refractivity contribution in [3.05, 3.63) is 35.3 Å². The molecule has 0 saturated carbocycles. The molecule has 0 amide bonds. The maximum Gasteiger partial charge on any atom is 0.418 e. The minimum absolute atomic E-state index is 0.0619. The number of alkyl halides is 3. The van der Waals surface area contributed by atoms with Gasteiger partial charge in [0, 0.05) is 19.3 Å². The van der Waals surface area contributed by atoms with Crippen LogP contribution in [0.15, 0.2) is 18.3 Å². The Balaban J connectivity index is 2.09. The van der Waals surface area contributed by atoms with E-state index in [1.54, 1.807) is 0 Å². The second kappa shape index (κ2) is 6.74. The van der Waals surface area contributed by atoms with E-state index in [1.807, 2.05) is 0 Å². The van der Waals surface area contributed by atoms with Crippen LogP contribution in [-0.2, 0) is 6.18 Å². The van der Waals surface area contributed by atoms with E-state index in [9.17, 15) is 22.4 Å². The molecule has 0 aliphatic carbocycles. The number of halogens is 4. The SMILES string of the molecule is CNc1nc(Nc2cc(F)c(C=O)cc2OC)nc2[nH]cc(C(F)(F)F)c12. The first-order chi connectivity index (χ1) is 12.8. The molecule has 11 heteroatoms. The van der Waals surface area contributed by atoms with E-state index < -0.39 is 17.6 Å². The Morgan fingerprint density at radius 3 is 2.59 bits per heavy atom. The highest BCUT2D eigenvalue weighted by Crippen LogP contribution is 2.38. The molecule has 0 fully saturated rings. The monoisotopic (exact) mass is 383 g/mol. The number of ether oxygens (including phenoxy) is 1. The number of benzene rings is 1. The van der Waals surface area contributed by atoms with Crippen LogP contribution in [0.5, 0.6) is 5.75 Å². The van der Waals surface area contributed by atoms with Gasteiger partial charge in [0.25, 0.3) is 0 Å². The van der Waals surface area contributed by atoms with Crippen molar-refractivity contribution in [2.45, 2.75) is 6.18 Å². The molecule has 0 aliphatic heterocycles.